The molecule has 0 atom stereocenters. The topological polar surface area (TPSA) is 52.5 Å². The summed E-state index contributed by atoms with van der Waals surface area (Å²) in [6.07, 6.45) is 1.59. The summed E-state index contributed by atoms with van der Waals surface area (Å²) in [5.41, 5.74) is 3.99. The normalized spacial score (nSPS) is 11.4. The van der Waals surface area contributed by atoms with E-state index < -0.39 is 0 Å². The largest absolute Gasteiger partial charge is 0.507 e. The summed E-state index contributed by atoms with van der Waals surface area (Å²) in [7, 11) is 0. The third-order valence-electron chi connectivity index (χ3n) is 4.69. The predicted molar refractivity (Wildman–Crippen MR) is 105 cm³/mol. The van der Waals surface area contributed by atoms with Crippen LogP contribution in [0.2, 0.25) is 0 Å². The van der Waals surface area contributed by atoms with Gasteiger partial charge in [0.1, 0.15) is 11.5 Å². The highest BCUT2D eigenvalue weighted by Crippen LogP contribution is 2.30. The summed E-state index contributed by atoms with van der Waals surface area (Å²) in [6, 6.07) is 12.0. The van der Waals surface area contributed by atoms with Crippen molar-refractivity contribution in [3.63, 3.8) is 0 Å². The predicted octanol–water partition coefficient (Wildman–Crippen LogP) is 4.72. The molecular formula is C22H31NO2. The van der Waals surface area contributed by atoms with E-state index in [1.54, 1.807) is 0 Å². The van der Waals surface area contributed by atoms with E-state index in [1.807, 2.05) is 36.4 Å². The number of aromatic hydroxyl groups is 2. The fraction of sp³-hybridized carbons (Fsp3) is 0.455. The maximum absolute atomic E-state index is 10.4. The molecule has 0 amide bonds. The van der Waals surface area contributed by atoms with Crippen molar-refractivity contribution in [3.8, 4) is 11.5 Å². The first kappa shape index (κ1) is 19.3. The zero-order valence-corrected chi connectivity index (χ0v) is 15.8. The number of phenols is 2. The number of hydrogen-bond donors (Lipinski definition) is 3. The Morgan fingerprint density at radius 3 is 1.48 bits per heavy atom. The van der Waals surface area contributed by atoms with Gasteiger partial charge in [0.2, 0.25) is 0 Å². The summed E-state index contributed by atoms with van der Waals surface area (Å²) in [6.45, 7) is 9.98. The highest BCUT2D eigenvalue weighted by Gasteiger charge is 2.11. The fourth-order valence-corrected chi connectivity index (χ4v) is 3.13. The first-order chi connectivity index (χ1) is 11.9. The highest BCUT2D eigenvalue weighted by molar-refractivity contribution is 5.43. The molecule has 0 unspecified atom stereocenters. The van der Waals surface area contributed by atoms with Crippen LogP contribution in [0, 0.1) is 0 Å². The lowest BCUT2D eigenvalue weighted by molar-refractivity contribution is 0.455. The quantitative estimate of drug-likeness (QED) is 0.609. The minimum atomic E-state index is 0.323. The molecule has 0 fully saturated rings. The molecule has 3 nitrogen and oxygen atoms in total. The molecule has 0 heterocycles. The molecule has 3 heteroatoms. The van der Waals surface area contributed by atoms with E-state index in [0.717, 1.165) is 48.2 Å². The van der Waals surface area contributed by atoms with Crippen molar-refractivity contribution >= 4 is 0 Å². The number of hydrogen-bond acceptors (Lipinski definition) is 3. The van der Waals surface area contributed by atoms with Crippen molar-refractivity contribution in [2.75, 3.05) is 13.1 Å². The van der Waals surface area contributed by atoms with Gasteiger partial charge in [0.25, 0.3) is 0 Å². The Kier molecular flexibility index (Phi) is 6.89. The van der Waals surface area contributed by atoms with Crippen LogP contribution in [0.5, 0.6) is 11.5 Å². The number of nitrogens with one attached hydrogen (secondary N) is 1. The van der Waals surface area contributed by atoms with E-state index in [1.165, 1.54) is 0 Å². The van der Waals surface area contributed by atoms with E-state index in [0.29, 0.717) is 23.3 Å². The second kappa shape index (κ2) is 8.91. The molecule has 2 aromatic rings. The van der Waals surface area contributed by atoms with Crippen molar-refractivity contribution in [3.05, 3.63) is 58.7 Å². The van der Waals surface area contributed by atoms with Crippen LogP contribution >= 0.6 is 0 Å². The maximum atomic E-state index is 10.4. The Morgan fingerprint density at radius 1 is 0.720 bits per heavy atom. The zero-order valence-electron chi connectivity index (χ0n) is 15.8. The number of benzene rings is 2. The molecule has 0 aliphatic rings. The first-order valence-electron chi connectivity index (χ1n) is 9.24. The van der Waals surface area contributed by atoms with Crippen molar-refractivity contribution in [2.24, 2.45) is 0 Å². The lowest BCUT2D eigenvalue weighted by Gasteiger charge is -2.14. The van der Waals surface area contributed by atoms with Gasteiger partial charge in [-0.25, -0.2) is 0 Å². The van der Waals surface area contributed by atoms with E-state index >= 15 is 0 Å². The molecule has 25 heavy (non-hydrogen) atoms. The third kappa shape index (κ3) is 4.99. The average molecular weight is 341 g/mol. The second-order valence-corrected chi connectivity index (χ2v) is 7.27. The van der Waals surface area contributed by atoms with E-state index in [4.69, 9.17) is 0 Å². The third-order valence-corrected chi connectivity index (χ3v) is 4.69. The Morgan fingerprint density at radius 2 is 1.12 bits per heavy atom. The van der Waals surface area contributed by atoms with E-state index in [-0.39, 0.29) is 0 Å². The Balaban J connectivity index is 1.85. The molecule has 0 spiro atoms. The molecule has 0 aliphatic carbocycles. The van der Waals surface area contributed by atoms with Crippen LogP contribution in [-0.4, -0.2) is 23.3 Å². The lowest BCUT2D eigenvalue weighted by atomic mass is 9.97. The first-order valence-corrected chi connectivity index (χ1v) is 9.24. The summed E-state index contributed by atoms with van der Waals surface area (Å²) in [4.78, 5) is 0. The second-order valence-electron chi connectivity index (χ2n) is 7.27. The van der Waals surface area contributed by atoms with Gasteiger partial charge in [0, 0.05) is 0 Å². The molecule has 0 saturated carbocycles. The monoisotopic (exact) mass is 341 g/mol. The molecule has 0 bridgehead atoms. The summed E-state index contributed by atoms with van der Waals surface area (Å²) in [5.74, 6) is 1.51. The van der Waals surface area contributed by atoms with Crippen LogP contribution in [0.25, 0.3) is 0 Å². The molecule has 0 saturated heterocycles. The number of rotatable bonds is 8. The van der Waals surface area contributed by atoms with Gasteiger partial charge in [-0.2, -0.15) is 0 Å². The molecule has 0 aliphatic heterocycles. The minimum absolute atomic E-state index is 0.323. The summed E-state index contributed by atoms with van der Waals surface area (Å²) >= 11 is 0. The molecular weight excluding hydrogens is 310 g/mol. The molecule has 0 radical (unpaired) electrons. The van der Waals surface area contributed by atoms with Crippen LogP contribution < -0.4 is 5.32 Å². The molecule has 0 aromatic heterocycles. The maximum Gasteiger partial charge on any atom is 0.122 e. The van der Waals surface area contributed by atoms with E-state index in [9.17, 15) is 10.2 Å². The van der Waals surface area contributed by atoms with Gasteiger partial charge in [-0.15, -0.1) is 0 Å². The SMILES string of the molecule is CC(C)c1cccc(CCNCCc2cccc(C(C)C)c2O)c1O. The van der Waals surface area contributed by atoms with Crippen molar-refractivity contribution < 1.29 is 10.2 Å². The number of phenolic OH excluding ortho intramolecular Hbond substituents is 2. The van der Waals surface area contributed by atoms with Crippen LogP contribution in [0.4, 0.5) is 0 Å². The van der Waals surface area contributed by atoms with E-state index in [2.05, 4.69) is 33.0 Å². The Bertz CT molecular complexity index is 633. The number of para-hydroxylation sites is 2. The smallest absolute Gasteiger partial charge is 0.122 e. The summed E-state index contributed by atoms with van der Waals surface area (Å²) < 4.78 is 0. The average Bonchev–Trinajstić information content (AvgIpc) is 2.56. The molecule has 2 aromatic carbocycles. The van der Waals surface area contributed by atoms with Gasteiger partial charge < -0.3 is 15.5 Å². The highest BCUT2D eigenvalue weighted by atomic mass is 16.3. The van der Waals surface area contributed by atoms with Crippen LogP contribution in [0.3, 0.4) is 0 Å². The minimum Gasteiger partial charge on any atom is -0.507 e. The van der Waals surface area contributed by atoms with Gasteiger partial charge in [-0.3, -0.25) is 0 Å². The van der Waals surface area contributed by atoms with Crippen molar-refractivity contribution in [1.82, 2.24) is 5.32 Å². The van der Waals surface area contributed by atoms with Gasteiger partial charge in [-0.05, 0) is 60.0 Å². The van der Waals surface area contributed by atoms with Crippen molar-refractivity contribution in [1.29, 1.82) is 0 Å². The van der Waals surface area contributed by atoms with Crippen LogP contribution in [-0.2, 0) is 12.8 Å². The van der Waals surface area contributed by atoms with Gasteiger partial charge in [-0.1, -0.05) is 64.1 Å². The zero-order chi connectivity index (χ0) is 18.4. The van der Waals surface area contributed by atoms with Crippen LogP contribution in [0.1, 0.15) is 61.8 Å². The standard InChI is InChI=1S/C22H31NO2/c1-15(2)19-9-5-7-17(21(19)24)11-13-23-14-12-18-8-6-10-20(16(3)4)22(18)25/h5-10,15-16,23-25H,11-14H2,1-4H3. The van der Waals surface area contributed by atoms with Crippen LogP contribution in [0.15, 0.2) is 36.4 Å². The Labute approximate surface area is 151 Å². The van der Waals surface area contributed by atoms with Gasteiger partial charge >= 0.3 is 0 Å². The molecule has 2 rings (SSSR count). The molecule has 3 N–H and O–H groups in total. The lowest BCUT2D eigenvalue weighted by Crippen LogP contribution is -2.20. The Hall–Kier alpha value is -2.00. The fourth-order valence-electron chi connectivity index (χ4n) is 3.13. The van der Waals surface area contributed by atoms with Crippen molar-refractivity contribution in [2.45, 2.75) is 52.4 Å². The molecule has 136 valence electrons. The summed E-state index contributed by atoms with van der Waals surface area (Å²) in [5, 5.41) is 24.1. The van der Waals surface area contributed by atoms with Gasteiger partial charge in [0.05, 0.1) is 0 Å². The van der Waals surface area contributed by atoms with Gasteiger partial charge in [0.15, 0.2) is 0 Å².